The van der Waals surface area contributed by atoms with Crippen LogP contribution in [0.4, 0.5) is 4.79 Å². The van der Waals surface area contributed by atoms with Crippen LogP contribution in [0.5, 0.6) is 0 Å². The number of rotatable bonds is 2. The minimum Gasteiger partial charge on any atom is -0.481 e. The van der Waals surface area contributed by atoms with E-state index in [2.05, 4.69) is 11.8 Å². The Morgan fingerprint density at radius 2 is 2.05 bits per heavy atom. The summed E-state index contributed by atoms with van der Waals surface area (Å²) >= 11 is 0. The molecule has 0 aromatic carbocycles. The van der Waals surface area contributed by atoms with Gasteiger partial charge in [-0.15, -0.1) is 11.8 Å². The second-order valence-electron chi connectivity index (χ2n) is 6.19. The molecular formula is C15H23NO4. The molecule has 0 radical (unpaired) electrons. The summed E-state index contributed by atoms with van der Waals surface area (Å²) in [5.74, 6) is 4.67. The van der Waals surface area contributed by atoms with Gasteiger partial charge in [0, 0.05) is 19.5 Å². The van der Waals surface area contributed by atoms with E-state index in [4.69, 9.17) is 4.74 Å². The van der Waals surface area contributed by atoms with E-state index < -0.39 is 23.1 Å². The summed E-state index contributed by atoms with van der Waals surface area (Å²) in [6.45, 7) is 7.75. The number of hydrogen-bond acceptors (Lipinski definition) is 3. The zero-order valence-corrected chi connectivity index (χ0v) is 12.7. The summed E-state index contributed by atoms with van der Waals surface area (Å²) in [4.78, 5) is 25.1. The molecule has 1 N–H and O–H groups in total. The molecule has 112 valence electrons. The molecule has 1 heterocycles. The Balaban J connectivity index is 2.84. The van der Waals surface area contributed by atoms with Gasteiger partial charge in [0.15, 0.2) is 0 Å². The molecule has 0 aromatic rings. The number of carboxylic acid groups (broad SMARTS) is 1. The predicted octanol–water partition coefficient (Wildman–Crippen LogP) is 2.50. The highest BCUT2D eigenvalue weighted by molar-refractivity contribution is 5.77. The molecule has 1 atom stereocenters. The van der Waals surface area contributed by atoms with Crippen molar-refractivity contribution in [1.29, 1.82) is 0 Å². The number of hydrogen-bond donors (Lipinski definition) is 1. The topological polar surface area (TPSA) is 66.8 Å². The molecule has 1 aliphatic rings. The molecule has 0 spiro atoms. The van der Waals surface area contributed by atoms with E-state index in [9.17, 15) is 14.7 Å². The van der Waals surface area contributed by atoms with Crippen LogP contribution in [0.25, 0.3) is 0 Å². The molecule has 1 rings (SSSR count). The second kappa shape index (κ2) is 6.17. The van der Waals surface area contributed by atoms with Gasteiger partial charge < -0.3 is 14.7 Å². The van der Waals surface area contributed by atoms with E-state index in [1.54, 1.807) is 27.7 Å². The maximum atomic E-state index is 12.1. The standard InChI is InChI=1S/C15H23NO4/c1-5-6-8-15(12(17)18)9-7-10-16(11-15)13(19)20-14(2,3)4/h7-11H2,1-4H3,(H,17,18). The third kappa shape index (κ3) is 4.16. The summed E-state index contributed by atoms with van der Waals surface area (Å²) in [6.07, 6.45) is 0.998. The molecular weight excluding hydrogens is 258 g/mol. The molecule has 20 heavy (non-hydrogen) atoms. The minimum absolute atomic E-state index is 0.159. The lowest BCUT2D eigenvalue weighted by molar-refractivity contribution is -0.151. The van der Waals surface area contributed by atoms with E-state index in [1.165, 1.54) is 4.90 Å². The van der Waals surface area contributed by atoms with Crippen LogP contribution in [0.15, 0.2) is 0 Å². The maximum absolute atomic E-state index is 12.1. The molecule has 1 amide bonds. The average molecular weight is 281 g/mol. The van der Waals surface area contributed by atoms with Crippen LogP contribution in [0.3, 0.4) is 0 Å². The summed E-state index contributed by atoms with van der Waals surface area (Å²) in [5.41, 5.74) is -1.55. The Morgan fingerprint density at radius 3 is 2.55 bits per heavy atom. The normalized spacial score (nSPS) is 22.7. The molecule has 0 aliphatic carbocycles. The van der Waals surface area contributed by atoms with Gasteiger partial charge in [-0.25, -0.2) is 4.79 Å². The van der Waals surface area contributed by atoms with Crippen molar-refractivity contribution in [3.05, 3.63) is 0 Å². The number of piperidine rings is 1. The highest BCUT2D eigenvalue weighted by Crippen LogP contribution is 2.34. The highest BCUT2D eigenvalue weighted by Gasteiger charge is 2.43. The minimum atomic E-state index is -0.974. The fourth-order valence-electron chi connectivity index (χ4n) is 2.27. The Labute approximate surface area is 120 Å². The largest absolute Gasteiger partial charge is 0.481 e. The number of likely N-dealkylation sites (tertiary alicyclic amines) is 1. The van der Waals surface area contributed by atoms with Crippen LogP contribution in [-0.4, -0.2) is 40.8 Å². The molecule has 5 nitrogen and oxygen atoms in total. The van der Waals surface area contributed by atoms with Crippen molar-refractivity contribution in [1.82, 2.24) is 4.90 Å². The van der Waals surface area contributed by atoms with Gasteiger partial charge in [0.1, 0.15) is 5.60 Å². The highest BCUT2D eigenvalue weighted by atomic mass is 16.6. The van der Waals surface area contributed by atoms with E-state index in [-0.39, 0.29) is 13.0 Å². The van der Waals surface area contributed by atoms with Crippen molar-refractivity contribution in [2.75, 3.05) is 13.1 Å². The average Bonchev–Trinajstić information content (AvgIpc) is 2.34. The van der Waals surface area contributed by atoms with Crippen molar-refractivity contribution in [2.45, 2.75) is 52.6 Å². The van der Waals surface area contributed by atoms with Crippen molar-refractivity contribution in [3.63, 3.8) is 0 Å². The summed E-state index contributed by atoms with van der Waals surface area (Å²) < 4.78 is 5.31. The smallest absolute Gasteiger partial charge is 0.410 e. The molecule has 0 aromatic heterocycles. The van der Waals surface area contributed by atoms with Crippen LogP contribution in [-0.2, 0) is 9.53 Å². The van der Waals surface area contributed by atoms with Gasteiger partial charge in [-0.2, -0.15) is 0 Å². The van der Waals surface area contributed by atoms with E-state index in [0.29, 0.717) is 19.4 Å². The number of carbonyl (C=O) groups is 2. The van der Waals surface area contributed by atoms with Crippen LogP contribution in [0.2, 0.25) is 0 Å². The Bertz CT molecular complexity index is 441. The summed E-state index contributed by atoms with van der Waals surface area (Å²) in [7, 11) is 0. The third-order valence-corrected chi connectivity index (χ3v) is 3.29. The number of carboxylic acids is 1. The summed E-state index contributed by atoms with van der Waals surface area (Å²) in [6, 6.07) is 0. The van der Waals surface area contributed by atoms with Crippen LogP contribution in [0.1, 0.15) is 47.0 Å². The molecule has 1 fully saturated rings. The molecule has 1 unspecified atom stereocenters. The van der Waals surface area contributed by atoms with E-state index in [1.807, 2.05) is 0 Å². The third-order valence-electron chi connectivity index (χ3n) is 3.29. The van der Waals surface area contributed by atoms with Crippen LogP contribution < -0.4 is 0 Å². The lowest BCUT2D eigenvalue weighted by Crippen LogP contribution is -2.51. The summed E-state index contributed by atoms with van der Waals surface area (Å²) in [5, 5.41) is 9.50. The van der Waals surface area contributed by atoms with Gasteiger partial charge in [-0.05, 0) is 40.5 Å². The number of aliphatic carboxylic acids is 1. The van der Waals surface area contributed by atoms with Crippen molar-refractivity contribution in [3.8, 4) is 11.8 Å². The number of amides is 1. The number of carbonyl (C=O) groups excluding carboxylic acids is 1. The van der Waals surface area contributed by atoms with Crippen molar-refractivity contribution < 1.29 is 19.4 Å². The molecule has 0 saturated carbocycles. The Morgan fingerprint density at radius 1 is 1.40 bits per heavy atom. The van der Waals surface area contributed by atoms with Crippen molar-refractivity contribution in [2.24, 2.45) is 5.41 Å². The Kier molecular flexibility index (Phi) is 5.04. The zero-order valence-electron chi connectivity index (χ0n) is 12.7. The van der Waals surface area contributed by atoms with Gasteiger partial charge >= 0.3 is 12.1 Å². The zero-order chi connectivity index (χ0) is 15.4. The monoisotopic (exact) mass is 281 g/mol. The van der Waals surface area contributed by atoms with Gasteiger partial charge in [-0.1, -0.05) is 0 Å². The molecule has 0 bridgehead atoms. The van der Waals surface area contributed by atoms with Gasteiger partial charge in [-0.3, -0.25) is 4.79 Å². The number of nitrogens with zero attached hydrogens (tertiary/aromatic N) is 1. The van der Waals surface area contributed by atoms with E-state index >= 15 is 0 Å². The van der Waals surface area contributed by atoms with E-state index in [0.717, 1.165) is 0 Å². The maximum Gasteiger partial charge on any atom is 0.410 e. The quantitative estimate of drug-likeness (QED) is 0.790. The molecule has 1 aliphatic heterocycles. The first-order valence-electron chi connectivity index (χ1n) is 6.81. The van der Waals surface area contributed by atoms with Gasteiger partial charge in [0.2, 0.25) is 0 Å². The predicted molar refractivity (Wildman–Crippen MR) is 75.2 cm³/mol. The van der Waals surface area contributed by atoms with Crippen molar-refractivity contribution >= 4 is 12.1 Å². The lowest BCUT2D eigenvalue weighted by Gasteiger charge is -2.39. The van der Waals surface area contributed by atoms with Crippen LogP contribution >= 0.6 is 0 Å². The van der Waals surface area contributed by atoms with Gasteiger partial charge in [0.05, 0.1) is 5.41 Å². The van der Waals surface area contributed by atoms with Gasteiger partial charge in [0.25, 0.3) is 0 Å². The number of ether oxygens (including phenoxy) is 1. The first-order chi connectivity index (χ1) is 9.20. The SMILES string of the molecule is CC#CCC1(C(=O)O)CCCN(C(=O)OC(C)(C)C)C1. The molecule has 5 heteroatoms. The first-order valence-corrected chi connectivity index (χ1v) is 6.81. The Hall–Kier alpha value is -1.70. The fraction of sp³-hybridized carbons (Fsp3) is 0.733. The second-order valence-corrected chi connectivity index (χ2v) is 6.19. The lowest BCUT2D eigenvalue weighted by atomic mass is 9.77. The van der Waals surface area contributed by atoms with Crippen LogP contribution in [0, 0.1) is 17.3 Å². The molecule has 1 saturated heterocycles. The fourth-order valence-corrected chi connectivity index (χ4v) is 2.27. The first kappa shape index (κ1) is 16.4.